The van der Waals surface area contributed by atoms with Crippen LogP contribution in [-0.2, 0) is 6.18 Å². The highest BCUT2D eigenvalue weighted by molar-refractivity contribution is 5.30. The zero-order chi connectivity index (χ0) is 15.5. The second kappa shape index (κ2) is 6.22. The highest BCUT2D eigenvalue weighted by Crippen LogP contribution is 2.31. The third-order valence-corrected chi connectivity index (χ3v) is 3.00. The number of hydrogen-bond donors (Lipinski definition) is 1. The van der Waals surface area contributed by atoms with E-state index >= 15 is 0 Å². The van der Waals surface area contributed by atoms with Gasteiger partial charge in [0.15, 0.2) is 0 Å². The van der Waals surface area contributed by atoms with Crippen LogP contribution in [0.15, 0.2) is 40.8 Å². The smallest absolute Gasteiger partial charge is 0.416 e. The molecule has 0 aliphatic rings. The lowest BCUT2D eigenvalue weighted by atomic mass is 10.1. The van der Waals surface area contributed by atoms with Gasteiger partial charge in [-0.15, -0.1) is 0 Å². The zero-order valence-electron chi connectivity index (χ0n) is 11.4. The molecular weight excluding hydrogens is 285 g/mol. The summed E-state index contributed by atoms with van der Waals surface area (Å²) in [5.41, 5.74) is -0.769. The quantitative estimate of drug-likeness (QED) is 0.914. The summed E-state index contributed by atoms with van der Waals surface area (Å²) in [4.78, 5) is 0. The first-order chi connectivity index (χ1) is 9.90. The number of aryl methyl sites for hydroxylation is 1. The molecule has 0 saturated carbocycles. The van der Waals surface area contributed by atoms with Crippen LogP contribution in [-0.4, -0.2) is 18.3 Å². The Kier molecular flexibility index (Phi) is 4.57. The van der Waals surface area contributed by atoms with Gasteiger partial charge in [-0.1, -0.05) is 6.07 Å². The molecule has 6 heteroatoms. The van der Waals surface area contributed by atoms with Crippen molar-refractivity contribution in [3.05, 3.63) is 53.5 Å². The molecule has 0 amide bonds. The Morgan fingerprint density at radius 3 is 2.57 bits per heavy atom. The van der Waals surface area contributed by atoms with Gasteiger partial charge in [-0.05, 0) is 37.3 Å². The van der Waals surface area contributed by atoms with Gasteiger partial charge in [0.25, 0.3) is 0 Å². The van der Waals surface area contributed by atoms with Gasteiger partial charge in [0.05, 0.1) is 18.1 Å². The number of furan rings is 1. The van der Waals surface area contributed by atoms with Crippen LogP contribution in [0, 0.1) is 6.92 Å². The Labute approximate surface area is 120 Å². The van der Waals surface area contributed by atoms with E-state index in [1.807, 2.05) is 0 Å². The molecule has 21 heavy (non-hydrogen) atoms. The molecule has 0 spiro atoms. The minimum Gasteiger partial charge on any atom is -0.493 e. The molecule has 0 bridgehead atoms. The Morgan fingerprint density at radius 1 is 1.24 bits per heavy atom. The van der Waals surface area contributed by atoms with Gasteiger partial charge in [-0.25, -0.2) is 0 Å². The van der Waals surface area contributed by atoms with Gasteiger partial charge in [0.2, 0.25) is 0 Å². The van der Waals surface area contributed by atoms with Crippen LogP contribution in [0.3, 0.4) is 0 Å². The minimum absolute atomic E-state index is 0.0325. The molecule has 1 aromatic heterocycles. The van der Waals surface area contributed by atoms with Crippen molar-refractivity contribution in [2.75, 3.05) is 13.2 Å². The average Bonchev–Trinajstić information content (AvgIpc) is 2.85. The van der Waals surface area contributed by atoms with Crippen molar-refractivity contribution >= 4 is 0 Å². The zero-order valence-corrected chi connectivity index (χ0v) is 11.4. The van der Waals surface area contributed by atoms with Gasteiger partial charge in [-0.2, -0.15) is 13.2 Å². The second-order valence-electron chi connectivity index (χ2n) is 4.66. The first kappa shape index (κ1) is 15.4. The van der Waals surface area contributed by atoms with E-state index < -0.39 is 17.7 Å². The predicted molar refractivity (Wildman–Crippen MR) is 70.2 cm³/mol. The van der Waals surface area contributed by atoms with Crippen LogP contribution in [0.1, 0.15) is 23.0 Å². The lowest BCUT2D eigenvalue weighted by molar-refractivity contribution is -0.137. The maximum absolute atomic E-state index is 12.6. The minimum atomic E-state index is -4.41. The van der Waals surface area contributed by atoms with Crippen LogP contribution in [0.4, 0.5) is 13.2 Å². The summed E-state index contributed by atoms with van der Waals surface area (Å²) in [5, 5.41) is 9.33. The van der Waals surface area contributed by atoms with E-state index in [1.54, 1.807) is 19.1 Å². The molecule has 2 rings (SSSR count). The fourth-order valence-corrected chi connectivity index (χ4v) is 1.86. The lowest BCUT2D eigenvalue weighted by Gasteiger charge is -2.14. The molecule has 1 N–H and O–H groups in total. The predicted octanol–water partition coefficient (Wildman–Crippen LogP) is 3.76. The summed E-state index contributed by atoms with van der Waals surface area (Å²) >= 11 is 0. The van der Waals surface area contributed by atoms with E-state index in [0.29, 0.717) is 11.5 Å². The van der Waals surface area contributed by atoms with Gasteiger partial charge in [-0.3, -0.25) is 0 Å². The van der Waals surface area contributed by atoms with Gasteiger partial charge in [0, 0.05) is 0 Å². The van der Waals surface area contributed by atoms with Crippen molar-refractivity contribution in [2.24, 2.45) is 0 Å². The number of aliphatic hydroxyl groups is 1. The molecule has 0 aliphatic carbocycles. The molecule has 3 nitrogen and oxygen atoms in total. The third-order valence-electron chi connectivity index (χ3n) is 3.00. The average molecular weight is 300 g/mol. The lowest BCUT2D eigenvalue weighted by Crippen LogP contribution is -2.14. The van der Waals surface area contributed by atoms with Crippen molar-refractivity contribution in [1.29, 1.82) is 0 Å². The molecule has 1 heterocycles. The summed E-state index contributed by atoms with van der Waals surface area (Å²) < 4.78 is 48.5. The van der Waals surface area contributed by atoms with E-state index in [2.05, 4.69) is 0 Å². The van der Waals surface area contributed by atoms with Crippen molar-refractivity contribution in [1.82, 2.24) is 0 Å². The second-order valence-corrected chi connectivity index (χ2v) is 4.66. The fourth-order valence-electron chi connectivity index (χ4n) is 1.86. The molecule has 0 fully saturated rings. The molecule has 0 radical (unpaired) electrons. The SMILES string of the molecule is Cc1ccc(C(CO)COc2cccc(C(F)(F)F)c2)o1. The van der Waals surface area contributed by atoms with Crippen LogP contribution in [0.5, 0.6) is 5.75 Å². The number of ether oxygens (including phenoxy) is 1. The Morgan fingerprint density at radius 2 is 2.00 bits per heavy atom. The number of aliphatic hydroxyl groups excluding tert-OH is 1. The van der Waals surface area contributed by atoms with E-state index in [4.69, 9.17) is 9.15 Å². The van der Waals surface area contributed by atoms with Gasteiger partial charge >= 0.3 is 6.18 Å². The van der Waals surface area contributed by atoms with Crippen molar-refractivity contribution in [3.8, 4) is 5.75 Å². The Bertz CT molecular complexity index is 590. The number of benzene rings is 1. The van der Waals surface area contributed by atoms with Crippen molar-refractivity contribution < 1.29 is 27.4 Å². The summed E-state index contributed by atoms with van der Waals surface area (Å²) in [6.07, 6.45) is -4.41. The monoisotopic (exact) mass is 300 g/mol. The molecular formula is C15H15F3O3. The topological polar surface area (TPSA) is 42.6 Å². The highest BCUT2D eigenvalue weighted by Gasteiger charge is 2.30. The van der Waals surface area contributed by atoms with E-state index in [0.717, 1.165) is 12.1 Å². The summed E-state index contributed by atoms with van der Waals surface area (Å²) in [7, 11) is 0. The first-order valence-electron chi connectivity index (χ1n) is 6.37. The van der Waals surface area contributed by atoms with Gasteiger partial charge in [0.1, 0.15) is 23.9 Å². The summed E-state index contributed by atoms with van der Waals surface area (Å²) in [5.74, 6) is 0.921. The molecule has 114 valence electrons. The van der Waals surface area contributed by atoms with Crippen LogP contribution >= 0.6 is 0 Å². The maximum Gasteiger partial charge on any atom is 0.416 e. The van der Waals surface area contributed by atoms with E-state index in [-0.39, 0.29) is 19.0 Å². The summed E-state index contributed by atoms with van der Waals surface area (Å²) in [6, 6.07) is 8.10. The third kappa shape index (κ3) is 4.01. The van der Waals surface area contributed by atoms with Gasteiger partial charge < -0.3 is 14.3 Å². The molecule has 1 atom stereocenters. The molecule has 1 unspecified atom stereocenters. The Balaban J connectivity index is 2.05. The number of hydrogen-bond acceptors (Lipinski definition) is 3. The van der Waals surface area contributed by atoms with E-state index in [9.17, 15) is 18.3 Å². The number of alkyl halides is 3. The molecule has 2 aromatic rings. The number of halogens is 3. The van der Waals surface area contributed by atoms with E-state index in [1.165, 1.54) is 12.1 Å². The van der Waals surface area contributed by atoms with Crippen LogP contribution in [0.25, 0.3) is 0 Å². The first-order valence-corrected chi connectivity index (χ1v) is 6.37. The van der Waals surface area contributed by atoms with Crippen LogP contribution < -0.4 is 4.74 Å². The largest absolute Gasteiger partial charge is 0.493 e. The molecule has 0 aliphatic heterocycles. The van der Waals surface area contributed by atoms with Crippen LogP contribution in [0.2, 0.25) is 0 Å². The summed E-state index contributed by atoms with van der Waals surface area (Å²) in [6.45, 7) is 1.59. The normalized spacial score (nSPS) is 13.2. The maximum atomic E-state index is 12.6. The molecule has 0 saturated heterocycles. The highest BCUT2D eigenvalue weighted by atomic mass is 19.4. The fraction of sp³-hybridized carbons (Fsp3) is 0.333. The van der Waals surface area contributed by atoms with Crippen molar-refractivity contribution in [2.45, 2.75) is 19.0 Å². The standard InChI is InChI=1S/C15H15F3O3/c1-10-5-6-14(21-10)11(8-19)9-20-13-4-2-3-12(7-13)15(16,17)18/h2-7,11,19H,8-9H2,1H3. The van der Waals surface area contributed by atoms with Crippen molar-refractivity contribution in [3.63, 3.8) is 0 Å². The number of rotatable bonds is 5. The Hall–Kier alpha value is -1.95. The molecule has 1 aromatic carbocycles.